The summed E-state index contributed by atoms with van der Waals surface area (Å²) in [6, 6.07) is 14.0. The van der Waals surface area contributed by atoms with Crippen molar-refractivity contribution >= 4 is 23.5 Å². The van der Waals surface area contributed by atoms with Crippen molar-refractivity contribution in [1.82, 2.24) is 0 Å². The van der Waals surface area contributed by atoms with Crippen LogP contribution in [0.25, 0.3) is 11.1 Å². The van der Waals surface area contributed by atoms with Crippen LogP contribution in [0.3, 0.4) is 0 Å². The Morgan fingerprint density at radius 1 is 0.929 bits per heavy atom. The van der Waals surface area contributed by atoms with Gasteiger partial charge in [-0.05, 0) is 68.0 Å². The second-order valence-electron chi connectivity index (χ2n) is 6.81. The van der Waals surface area contributed by atoms with Gasteiger partial charge < -0.3 is 9.52 Å². The minimum atomic E-state index is -0.487. The van der Waals surface area contributed by atoms with E-state index in [9.17, 15) is 9.90 Å². The molecule has 3 nitrogen and oxygen atoms in total. The maximum Gasteiger partial charge on any atom is 0.347 e. The zero-order valence-corrected chi connectivity index (χ0v) is 18.2. The van der Waals surface area contributed by atoms with Crippen molar-refractivity contribution in [2.45, 2.75) is 37.0 Å². The van der Waals surface area contributed by atoms with E-state index < -0.39 is 5.63 Å². The van der Waals surface area contributed by atoms with Crippen LogP contribution in [0.4, 0.5) is 0 Å². The fourth-order valence-corrected chi connectivity index (χ4v) is 4.67. The summed E-state index contributed by atoms with van der Waals surface area (Å²) in [7, 11) is 0. The van der Waals surface area contributed by atoms with Crippen molar-refractivity contribution in [3.63, 3.8) is 0 Å². The normalized spacial score (nSPS) is 11.0. The molecule has 0 fully saturated rings. The first kappa shape index (κ1) is 20.6. The first-order valence-electron chi connectivity index (χ1n) is 9.10. The predicted octanol–water partition coefficient (Wildman–Crippen LogP) is 5.99. The molecule has 0 aliphatic carbocycles. The molecule has 1 aromatic heterocycles. The Bertz CT molecular complexity index is 1010. The minimum Gasteiger partial charge on any atom is -0.507 e. The largest absolute Gasteiger partial charge is 0.507 e. The molecule has 146 valence electrons. The van der Waals surface area contributed by atoms with Gasteiger partial charge in [-0.3, -0.25) is 0 Å². The van der Waals surface area contributed by atoms with Gasteiger partial charge in [0, 0.05) is 28.0 Å². The minimum absolute atomic E-state index is 0.0179. The van der Waals surface area contributed by atoms with E-state index in [4.69, 9.17) is 4.42 Å². The van der Waals surface area contributed by atoms with Crippen LogP contribution in [-0.2, 0) is 6.42 Å². The summed E-state index contributed by atoms with van der Waals surface area (Å²) >= 11 is 3.42. The first-order chi connectivity index (χ1) is 13.4. The fourth-order valence-electron chi connectivity index (χ4n) is 3.40. The van der Waals surface area contributed by atoms with E-state index in [1.54, 1.807) is 29.6 Å². The molecule has 28 heavy (non-hydrogen) atoms. The smallest absolute Gasteiger partial charge is 0.347 e. The van der Waals surface area contributed by atoms with E-state index in [-0.39, 0.29) is 11.3 Å². The molecular weight excluding hydrogens is 388 g/mol. The molecule has 0 bridgehead atoms. The van der Waals surface area contributed by atoms with Crippen LogP contribution in [0.2, 0.25) is 0 Å². The zero-order valence-electron chi connectivity index (χ0n) is 16.5. The molecule has 0 aliphatic rings. The topological polar surface area (TPSA) is 50.4 Å². The lowest BCUT2D eigenvalue weighted by Gasteiger charge is -2.12. The van der Waals surface area contributed by atoms with E-state index in [2.05, 4.69) is 30.5 Å². The van der Waals surface area contributed by atoms with E-state index in [0.717, 1.165) is 28.0 Å². The maximum absolute atomic E-state index is 12.6. The van der Waals surface area contributed by atoms with Crippen LogP contribution in [0, 0.1) is 20.8 Å². The van der Waals surface area contributed by atoms with Gasteiger partial charge in [0.15, 0.2) is 0 Å². The van der Waals surface area contributed by atoms with Gasteiger partial charge in [0.25, 0.3) is 0 Å². The lowest BCUT2D eigenvalue weighted by molar-refractivity contribution is 0.430. The molecule has 0 aliphatic heterocycles. The fraction of sp³-hybridized carbons (Fsp3) is 0.261. The van der Waals surface area contributed by atoms with Crippen molar-refractivity contribution in [2.24, 2.45) is 0 Å². The van der Waals surface area contributed by atoms with Crippen molar-refractivity contribution in [3.05, 3.63) is 75.3 Å². The maximum atomic E-state index is 12.6. The van der Waals surface area contributed by atoms with Gasteiger partial charge in [0.05, 0.1) is 0 Å². The third-order valence-electron chi connectivity index (χ3n) is 4.59. The third-order valence-corrected chi connectivity index (χ3v) is 6.34. The van der Waals surface area contributed by atoms with Crippen LogP contribution in [-0.4, -0.2) is 17.1 Å². The molecule has 0 atom stereocenters. The number of aromatic hydroxyl groups is 1. The molecule has 0 radical (unpaired) electrons. The average Bonchev–Trinajstić information content (AvgIpc) is 2.64. The molecule has 0 unspecified atom stereocenters. The zero-order chi connectivity index (χ0) is 20.3. The van der Waals surface area contributed by atoms with Crippen LogP contribution in [0.1, 0.15) is 22.5 Å². The summed E-state index contributed by atoms with van der Waals surface area (Å²) in [4.78, 5) is 15.0. The number of benzene rings is 2. The summed E-state index contributed by atoms with van der Waals surface area (Å²) < 4.78 is 5.53. The van der Waals surface area contributed by atoms with Crippen LogP contribution in [0.15, 0.2) is 61.5 Å². The Balaban J connectivity index is 1.78. The molecule has 0 amide bonds. The van der Waals surface area contributed by atoms with E-state index in [1.807, 2.05) is 32.9 Å². The number of rotatable bonds is 6. The number of hydrogen-bond acceptors (Lipinski definition) is 5. The summed E-state index contributed by atoms with van der Waals surface area (Å²) in [5, 5.41) is 10.5. The molecule has 0 saturated heterocycles. The molecule has 5 heteroatoms. The summed E-state index contributed by atoms with van der Waals surface area (Å²) in [5.74, 6) is 1.25. The second-order valence-corrected chi connectivity index (χ2v) is 8.86. The molecule has 3 aromatic rings. The molecular formula is C23H24O3S2. The van der Waals surface area contributed by atoms with Crippen molar-refractivity contribution in [3.8, 4) is 16.9 Å². The van der Waals surface area contributed by atoms with E-state index in [0.29, 0.717) is 12.2 Å². The monoisotopic (exact) mass is 412 g/mol. The highest BCUT2D eigenvalue weighted by molar-refractivity contribution is 7.99. The summed E-state index contributed by atoms with van der Waals surface area (Å²) in [5.41, 5.74) is 3.56. The van der Waals surface area contributed by atoms with Crippen LogP contribution in [0.5, 0.6) is 5.75 Å². The highest BCUT2D eigenvalue weighted by Crippen LogP contribution is 2.33. The number of hydrogen-bond donors (Lipinski definition) is 1. The van der Waals surface area contributed by atoms with E-state index in [1.165, 1.54) is 9.79 Å². The number of thioether (sulfide) groups is 2. The molecule has 0 saturated carbocycles. The lowest BCUT2D eigenvalue weighted by Crippen LogP contribution is -2.08. The van der Waals surface area contributed by atoms with Gasteiger partial charge in [-0.15, -0.1) is 23.5 Å². The Labute approximate surface area is 174 Å². The highest BCUT2D eigenvalue weighted by atomic mass is 32.2. The predicted molar refractivity (Wildman–Crippen MR) is 119 cm³/mol. The van der Waals surface area contributed by atoms with Gasteiger partial charge in [0.2, 0.25) is 0 Å². The summed E-state index contributed by atoms with van der Waals surface area (Å²) in [6.45, 7) is 5.91. The van der Waals surface area contributed by atoms with Crippen molar-refractivity contribution in [1.29, 1.82) is 0 Å². The van der Waals surface area contributed by atoms with Gasteiger partial charge >= 0.3 is 5.63 Å². The number of aryl methyl sites for hydroxylation is 4. The summed E-state index contributed by atoms with van der Waals surface area (Å²) in [6.07, 6.45) is 2.63. The lowest BCUT2D eigenvalue weighted by atomic mass is 9.94. The van der Waals surface area contributed by atoms with Gasteiger partial charge in [-0.25, -0.2) is 4.79 Å². The van der Waals surface area contributed by atoms with Gasteiger partial charge in [-0.2, -0.15) is 0 Å². The standard InChI is InChI=1S/C23H24O3S2/c1-14-11-15(2)21(16(3)12-14)22-20(24)13-17(26-23(22)25)9-10-28-19-7-5-18(27-4)6-8-19/h5-8,11-13,24H,9-10H2,1-4H3. The molecule has 1 N–H and O–H groups in total. The highest BCUT2D eigenvalue weighted by Gasteiger charge is 2.17. The van der Waals surface area contributed by atoms with E-state index >= 15 is 0 Å². The first-order valence-corrected chi connectivity index (χ1v) is 11.3. The Kier molecular flexibility index (Phi) is 6.57. The Hall–Kier alpha value is -2.11. The van der Waals surface area contributed by atoms with Crippen LogP contribution >= 0.6 is 23.5 Å². The van der Waals surface area contributed by atoms with Gasteiger partial charge in [-0.1, -0.05) is 17.7 Å². The Morgan fingerprint density at radius 3 is 2.11 bits per heavy atom. The van der Waals surface area contributed by atoms with Crippen LogP contribution < -0.4 is 5.63 Å². The Morgan fingerprint density at radius 2 is 1.54 bits per heavy atom. The quantitative estimate of drug-likeness (QED) is 0.504. The van der Waals surface area contributed by atoms with Gasteiger partial charge in [0.1, 0.15) is 17.1 Å². The van der Waals surface area contributed by atoms with Crippen molar-refractivity contribution < 1.29 is 9.52 Å². The molecule has 0 spiro atoms. The molecule has 1 heterocycles. The average molecular weight is 413 g/mol. The second kappa shape index (κ2) is 8.93. The molecule has 3 rings (SSSR count). The third kappa shape index (κ3) is 4.65. The SMILES string of the molecule is CSc1ccc(SCCc2cc(O)c(-c3c(C)cc(C)cc3C)c(=O)o2)cc1. The molecule has 2 aromatic carbocycles. The van der Waals surface area contributed by atoms with Crippen molar-refractivity contribution in [2.75, 3.05) is 12.0 Å².